The summed E-state index contributed by atoms with van der Waals surface area (Å²) < 4.78 is 19.5. The molecule has 33 heavy (non-hydrogen) atoms. The van der Waals surface area contributed by atoms with E-state index < -0.39 is 5.82 Å². The van der Waals surface area contributed by atoms with Crippen molar-refractivity contribution in [3.63, 3.8) is 0 Å². The van der Waals surface area contributed by atoms with Gasteiger partial charge in [0.25, 0.3) is 5.91 Å². The van der Waals surface area contributed by atoms with Crippen LogP contribution in [0.2, 0.25) is 0 Å². The molecule has 8 nitrogen and oxygen atoms in total. The van der Waals surface area contributed by atoms with Crippen molar-refractivity contribution < 1.29 is 13.9 Å². The van der Waals surface area contributed by atoms with Crippen LogP contribution in [0.5, 0.6) is 5.75 Å². The van der Waals surface area contributed by atoms with Crippen molar-refractivity contribution in [1.82, 2.24) is 20.2 Å². The fourth-order valence-electron chi connectivity index (χ4n) is 3.62. The van der Waals surface area contributed by atoms with Gasteiger partial charge in [-0.3, -0.25) is 4.79 Å². The van der Waals surface area contributed by atoms with Gasteiger partial charge in [-0.2, -0.15) is 0 Å². The number of rotatable bonds is 8. The molecule has 0 saturated carbocycles. The first kappa shape index (κ1) is 24.6. The number of aliphatic imine (C=N–C) groups is 1. The molecule has 2 heterocycles. The molecule has 9 heteroatoms. The van der Waals surface area contributed by atoms with Crippen molar-refractivity contribution >= 4 is 28.8 Å². The third-order valence-electron chi connectivity index (χ3n) is 5.56. The van der Waals surface area contributed by atoms with E-state index in [0.717, 1.165) is 25.9 Å². The second-order valence-electron chi connectivity index (χ2n) is 8.74. The summed E-state index contributed by atoms with van der Waals surface area (Å²) in [6, 6.07) is 4.24. The molecule has 1 aromatic heterocycles. The highest BCUT2D eigenvalue weighted by atomic mass is 19.1. The molecule has 1 saturated heterocycles. The van der Waals surface area contributed by atoms with Gasteiger partial charge in [-0.15, -0.1) is 0 Å². The molecule has 0 aliphatic carbocycles. The van der Waals surface area contributed by atoms with E-state index in [2.05, 4.69) is 37.5 Å². The summed E-state index contributed by atoms with van der Waals surface area (Å²) >= 11 is 0. The average Bonchev–Trinajstić information content (AvgIpc) is 2.76. The zero-order chi connectivity index (χ0) is 24.0. The normalized spacial score (nSPS) is 15.5. The first-order valence-corrected chi connectivity index (χ1v) is 11.3. The van der Waals surface area contributed by atoms with Crippen LogP contribution in [0.1, 0.15) is 39.3 Å². The highest BCUT2D eigenvalue weighted by molar-refractivity contribution is 6.38. The lowest BCUT2D eigenvalue weighted by Crippen LogP contribution is -2.38. The van der Waals surface area contributed by atoms with E-state index in [4.69, 9.17) is 4.74 Å². The van der Waals surface area contributed by atoms with Crippen LogP contribution < -0.4 is 15.4 Å². The Kier molecular flexibility index (Phi) is 8.32. The summed E-state index contributed by atoms with van der Waals surface area (Å²) in [5, 5.41) is 6.16. The number of ether oxygens (including phenoxy) is 1. The molecule has 1 aromatic carbocycles. The second kappa shape index (κ2) is 11.2. The number of nitrogens with zero attached hydrogens (tertiary/aromatic N) is 4. The Hall–Kier alpha value is -3.07. The highest BCUT2D eigenvalue weighted by Gasteiger charge is 2.19. The van der Waals surface area contributed by atoms with Crippen molar-refractivity contribution in [1.29, 1.82) is 0 Å². The zero-order valence-corrected chi connectivity index (χ0v) is 20.0. The maximum Gasteiger partial charge on any atom is 0.265 e. The molecule has 2 N–H and O–H groups in total. The molecule has 1 aliphatic rings. The summed E-state index contributed by atoms with van der Waals surface area (Å²) in [5.41, 5.74) is 1.93. The number of hydrogen-bond acceptors (Lipinski definition) is 7. The van der Waals surface area contributed by atoms with E-state index in [1.54, 1.807) is 19.9 Å². The Morgan fingerprint density at radius 3 is 2.73 bits per heavy atom. The van der Waals surface area contributed by atoms with E-state index in [0.29, 0.717) is 46.8 Å². The third kappa shape index (κ3) is 6.95. The van der Waals surface area contributed by atoms with E-state index in [-0.39, 0.29) is 12.0 Å². The van der Waals surface area contributed by atoms with Crippen LogP contribution in [0.3, 0.4) is 0 Å². The van der Waals surface area contributed by atoms with Gasteiger partial charge in [-0.05, 0) is 78.7 Å². The number of anilines is 2. The average molecular weight is 457 g/mol. The van der Waals surface area contributed by atoms with Crippen molar-refractivity contribution in [3.8, 4) is 5.75 Å². The number of carbonyl (C=O) groups is 1. The Morgan fingerprint density at radius 2 is 2.03 bits per heavy atom. The maximum absolute atomic E-state index is 13.8. The minimum atomic E-state index is -0.398. The molecule has 2 aromatic rings. The number of piperidine rings is 1. The van der Waals surface area contributed by atoms with Crippen LogP contribution in [0.4, 0.5) is 21.6 Å². The van der Waals surface area contributed by atoms with Crippen LogP contribution >= 0.6 is 0 Å². The Morgan fingerprint density at radius 1 is 1.30 bits per heavy atom. The Labute approximate surface area is 194 Å². The van der Waals surface area contributed by atoms with Gasteiger partial charge in [0.2, 0.25) is 0 Å². The fraction of sp³-hybridized carbons (Fsp3) is 0.500. The van der Waals surface area contributed by atoms with Crippen molar-refractivity contribution in [2.75, 3.05) is 32.0 Å². The van der Waals surface area contributed by atoms with Gasteiger partial charge in [0.15, 0.2) is 5.82 Å². The number of carbonyl (C=O) groups excluding carboxylic acids is 1. The number of nitrogens with one attached hydrogen (secondary N) is 2. The molecule has 0 radical (unpaired) electrons. The molecular formula is C24H33FN6O2. The summed E-state index contributed by atoms with van der Waals surface area (Å²) in [5.74, 6) is 0.642. The fourth-order valence-corrected chi connectivity index (χ4v) is 3.62. The third-order valence-corrected chi connectivity index (χ3v) is 5.56. The van der Waals surface area contributed by atoms with Crippen LogP contribution in [0.25, 0.3) is 0 Å². The van der Waals surface area contributed by atoms with Gasteiger partial charge in [0.05, 0.1) is 17.5 Å². The van der Waals surface area contributed by atoms with Gasteiger partial charge >= 0.3 is 0 Å². The summed E-state index contributed by atoms with van der Waals surface area (Å²) in [4.78, 5) is 28.0. The number of amides is 1. The lowest BCUT2D eigenvalue weighted by Gasteiger charge is -2.28. The van der Waals surface area contributed by atoms with E-state index >= 15 is 0 Å². The molecule has 0 bridgehead atoms. The summed E-state index contributed by atoms with van der Waals surface area (Å²) in [6.45, 7) is 9.95. The maximum atomic E-state index is 13.8. The number of aromatic nitrogens is 2. The monoisotopic (exact) mass is 456 g/mol. The summed E-state index contributed by atoms with van der Waals surface area (Å²) in [7, 11) is 2.12. The molecule has 178 valence electrons. The lowest BCUT2D eigenvalue weighted by atomic mass is 9.97. The quantitative estimate of drug-likeness (QED) is 0.584. The number of benzene rings is 1. The Bertz CT molecular complexity index is 1000. The number of likely N-dealkylation sites (tertiary alicyclic amines) is 1. The minimum absolute atomic E-state index is 0.132. The van der Waals surface area contributed by atoms with Crippen molar-refractivity contribution in [2.45, 2.75) is 46.6 Å². The molecule has 0 atom stereocenters. The van der Waals surface area contributed by atoms with Crippen LogP contribution in [0.15, 0.2) is 29.5 Å². The van der Waals surface area contributed by atoms with E-state index in [1.807, 2.05) is 13.8 Å². The second-order valence-corrected chi connectivity index (χ2v) is 8.74. The zero-order valence-electron chi connectivity index (χ0n) is 20.0. The van der Waals surface area contributed by atoms with Crippen molar-refractivity contribution in [3.05, 3.63) is 36.0 Å². The van der Waals surface area contributed by atoms with Crippen molar-refractivity contribution in [2.24, 2.45) is 10.9 Å². The Balaban J connectivity index is 1.76. The van der Waals surface area contributed by atoms with Gasteiger partial charge in [0.1, 0.15) is 29.3 Å². The SMILES string of the molecule is CC(=Nc1c(C)ncnc1Nc1ccc(F)cc1OC(C)C)C(=O)NCC1CCN(C)CC1. The van der Waals surface area contributed by atoms with Crippen LogP contribution in [-0.2, 0) is 4.79 Å². The molecule has 1 fully saturated rings. The highest BCUT2D eigenvalue weighted by Crippen LogP contribution is 2.33. The molecule has 1 amide bonds. The predicted molar refractivity (Wildman–Crippen MR) is 128 cm³/mol. The number of halogens is 1. The standard InChI is InChI=1S/C24H33FN6O2/c1-15(2)33-21-12-19(25)6-7-20(21)30-23-22(16(3)27-14-28-23)29-17(4)24(32)26-13-18-8-10-31(5)11-9-18/h6-7,12,14-15,18H,8-11,13H2,1-5H3,(H,26,32)(H,27,28,30). The van der Waals surface area contributed by atoms with Gasteiger partial charge in [-0.1, -0.05) is 0 Å². The lowest BCUT2D eigenvalue weighted by molar-refractivity contribution is -0.115. The smallest absolute Gasteiger partial charge is 0.265 e. The first-order chi connectivity index (χ1) is 15.7. The molecule has 1 aliphatic heterocycles. The minimum Gasteiger partial charge on any atom is -0.489 e. The van der Waals surface area contributed by atoms with E-state index in [9.17, 15) is 9.18 Å². The number of aryl methyl sites for hydroxylation is 1. The van der Waals surface area contributed by atoms with Gasteiger partial charge < -0.3 is 20.3 Å². The van der Waals surface area contributed by atoms with Gasteiger partial charge in [0, 0.05) is 12.6 Å². The van der Waals surface area contributed by atoms with E-state index in [1.165, 1.54) is 18.5 Å². The first-order valence-electron chi connectivity index (χ1n) is 11.3. The molecule has 0 unspecified atom stereocenters. The van der Waals surface area contributed by atoms with Crippen LogP contribution in [-0.4, -0.2) is 59.3 Å². The summed E-state index contributed by atoms with van der Waals surface area (Å²) in [6.07, 6.45) is 3.43. The molecular weight excluding hydrogens is 423 g/mol. The number of hydrogen-bond donors (Lipinski definition) is 2. The van der Waals surface area contributed by atoms with Crippen LogP contribution in [0, 0.1) is 18.7 Å². The molecule has 3 rings (SSSR count). The molecule has 0 spiro atoms. The van der Waals surface area contributed by atoms with Gasteiger partial charge in [-0.25, -0.2) is 19.4 Å². The topological polar surface area (TPSA) is 91.7 Å². The predicted octanol–water partition coefficient (Wildman–Crippen LogP) is 4.01. The largest absolute Gasteiger partial charge is 0.489 e.